The van der Waals surface area contributed by atoms with Gasteiger partial charge < -0.3 is 19.7 Å². The second-order valence-electron chi connectivity index (χ2n) is 7.57. The minimum Gasteiger partial charge on any atom is -0.493 e. The van der Waals surface area contributed by atoms with E-state index < -0.39 is 0 Å². The Kier molecular flexibility index (Phi) is 6.12. The fourth-order valence-electron chi connectivity index (χ4n) is 4.01. The third kappa shape index (κ3) is 4.60. The van der Waals surface area contributed by atoms with Crippen molar-refractivity contribution in [3.05, 3.63) is 41.7 Å². The fraction of sp³-hybridized carbons (Fsp3) is 0.500. The predicted octanol–water partition coefficient (Wildman–Crippen LogP) is 2.39. The van der Waals surface area contributed by atoms with Crippen molar-refractivity contribution >= 4 is 11.9 Å². The van der Waals surface area contributed by atoms with E-state index in [4.69, 9.17) is 14.5 Å². The van der Waals surface area contributed by atoms with E-state index in [0.717, 1.165) is 43.1 Å². The molecular formula is C22H28N4O3. The number of anilines is 1. The maximum Gasteiger partial charge on any atom is 0.225 e. The maximum absolute atomic E-state index is 12.6. The molecule has 0 spiro atoms. The van der Waals surface area contributed by atoms with E-state index >= 15 is 0 Å². The summed E-state index contributed by atoms with van der Waals surface area (Å²) in [4.78, 5) is 24.1. The molecule has 4 rings (SSSR count). The zero-order valence-electron chi connectivity index (χ0n) is 16.9. The molecule has 2 aromatic rings. The van der Waals surface area contributed by atoms with E-state index in [1.54, 1.807) is 7.11 Å². The molecule has 1 fully saturated rings. The summed E-state index contributed by atoms with van der Waals surface area (Å²) in [5.74, 6) is 2.26. The number of aryl methyl sites for hydroxylation is 1. The zero-order valence-corrected chi connectivity index (χ0v) is 16.9. The highest BCUT2D eigenvalue weighted by atomic mass is 16.5. The molecule has 7 nitrogen and oxygen atoms in total. The number of carbonyl (C=O) groups excluding carboxylic acids is 1. The van der Waals surface area contributed by atoms with E-state index in [2.05, 4.69) is 15.2 Å². The molecule has 0 radical (unpaired) electrons. The van der Waals surface area contributed by atoms with Gasteiger partial charge >= 0.3 is 0 Å². The summed E-state index contributed by atoms with van der Waals surface area (Å²) in [5, 5.41) is 2.99. The monoisotopic (exact) mass is 396 g/mol. The lowest BCUT2D eigenvalue weighted by atomic mass is 9.87. The Morgan fingerprint density at radius 1 is 1.24 bits per heavy atom. The van der Waals surface area contributed by atoms with E-state index in [9.17, 15) is 4.79 Å². The number of fused-ring (bicyclic) bond motifs is 1. The second kappa shape index (κ2) is 9.11. The lowest BCUT2D eigenvalue weighted by molar-refractivity contribution is -0.125. The third-order valence-corrected chi connectivity index (χ3v) is 5.63. The first-order valence-corrected chi connectivity index (χ1v) is 10.4. The van der Waals surface area contributed by atoms with Gasteiger partial charge in [-0.25, -0.2) is 9.97 Å². The number of rotatable bonds is 7. The van der Waals surface area contributed by atoms with Crippen LogP contribution in [0.25, 0.3) is 0 Å². The van der Waals surface area contributed by atoms with Crippen LogP contribution in [0.5, 0.6) is 11.5 Å². The number of benzene rings is 1. The highest BCUT2D eigenvalue weighted by molar-refractivity contribution is 5.79. The van der Waals surface area contributed by atoms with Crippen LogP contribution >= 0.6 is 0 Å². The SMILES string of the molecule is COc1ccccc1OCCNC(=O)[C@@H]1CCc2nc(N3CCCC3)ncc2C1. The number of para-hydroxylation sites is 2. The van der Waals surface area contributed by atoms with Gasteiger partial charge in [0.15, 0.2) is 11.5 Å². The quantitative estimate of drug-likeness (QED) is 0.724. The van der Waals surface area contributed by atoms with Gasteiger partial charge in [0.1, 0.15) is 6.61 Å². The van der Waals surface area contributed by atoms with Crippen molar-refractivity contribution in [2.45, 2.75) is 32.1 Å². The number of hydrogen-bond acceptors (Lipinski definition) is 6. The van der Waals surface area contributed by atoms with Crippen molar-refractivity contribution in [3.63, 3.8) is 0 Å². The minimum atomic E-state index is -0.0324. The Balaban J connectivity index is 1.26. The normalized spacial score (nSPS) is 18.2. The summed E-state index contributed by atoms with van der Waals surface area (Å²) >= 11 is 0. The lowest BCUT2D eigenvalue weighted by Gasteiger charge is -2.24. The number of nitrogens with zero attached hydrogens (tertiary/aromatic N) is 3. The second-order valence-corrected chi connectivity index (χ2v) is 7.57. The van der Waals surface area contributed by atoms with Crippen LogP contribution in [0, 0.1) is 5.92 Å². The van der Waals surface area contributed by atoms with E-state index in [0.29, 0.717) is 31.1 Å². The van der Waals surface area contributed by atoms with Crippen molar-refractivity contribution in [1.29, 1.82) is 0 Å². The Labute approximate surface area is 171 Å². The first-order valence-electron chi connectivity index (χ1n) is 10.4. The van der Waals surface area contributed by atoms with Crippen LogP contribution in [0.15, 0.2) is 30.5 Å². The largest absolute Gasteiger partial charge is 0.493 e. The Hall–Kier alpha value is -2.83. The molecule has 1 saturated heterocycles. The number of nitrogens with one attached hydrogen (secondary N) is 1. The minimum absolute atomic E-state index is 0.0324. The Morgan fingerprint density at radius 3 is 2.83 bits per heavy atom. The molecule has 1 aromatic heterocycles. The van der Waals surface area contributed by atoms with Crippen molar-refractivity contribution in [2.24, 2.45) is 5.92 Å². The van der Waals surface area contributed by atoms with E-state index in [1.807, 2.05) is 30.5 Å². The van der Waals surface area contributed by atoms with Crippen LogP contribution in [0.3, 0.4) is 0 Å². The van der Waals surface area contributed by atoms with Gasteiger partial charge in [-0.2, -0.15) is 0 Å². The highest BCUT2D eigenvalue weighted by Gasteiger charge is 2.27. The molecule has 1 N–H and O–H groups in total. The van der Waals surface area contributed by atoms with Crippen LogP contribution in [-0.4, -0.2) is 49.2 Å². The molecule has 29 heavy (non-hydrogen) atoms. The molecule has 2 heterocycles. The number of aromatic nitrogens is 2. The topological polar surface area (TPSA) is 76.6 Å². The number of carbonyl (C=O) groups is 1. The fourth-order valence-corrected chi connectivity index (χ4v) is 4.01. The molecule has 154 valence electrons. The van der Waals surface area contributed by atoms with Crippen molar-refractivity contribution in [2.75, 3.05) is 38.3 Å². The van der Waals surface area contributed by atoms with Crippen LogP contribution in [0.1, 0.15) is 30.5 Å². The van der Waals surface area contributed by atoms with Crippen LogP contribution in [-0.2, 0) is 17.6 Å². The predicted molar refractivity (Wildman–Crippen MR) is 110 cm³/mol. The van der Waals surface area contributed by atoms with Crippen molar-refractivity contribution in [1.82, 2.24) is 15.3 Å². The van der Waals surface area contributed by atoms with Crippen LogP contribution < -0.4 is 19.7 Å². The van der Waals surface area contributed by atoms with E-state index in [1.165, 1.54) is 12.8 Å². The number of amides is 1. The average molecular weight is 396 g/mol. The molecule has 1 atom stereocenters. The summed E-state index contributed by atoms with van der Waals surface area (Å²) < 4.78 is 11.0. The van der Waals surface area contributed by atoms with Crippen LogP contribution in [0.4, 0.5) is 5.95 Å². The summed E-state index contributed by atoms with van der Waals surface area (Å²) in [6.45, 7) is 2.95. The first kappa shape index (κ1) is 19.5. The standard InChI is InChI=1S/C22H28N4O3/c1-28-19-6-2-3-7-20(19)29-13-10-23-21(27)16-8-9-18-17(14-16)15-24-22(25-18)26-11-4-5-12-26/h2-3,6-7,15-16H,4-5,8-14H2,1H3,(H,23,27)/t16-/m1/s1. The third-order valence-electron chi connectivity index (χ3n) is 5.63. The molecule has 2 aliphatic rings. The lowest BCUT2D eigenvalue weighted by Crippen LogP contribution is -2.36. The summed E-state index contributed by atoms with van der Waals surface area (Å²) in [6, 6.07) is 7.50. The smallest absolute Gasteiger partial charge is 0.225 e. The first-order chi connectivity index (χ1) is 14.2. The number of ether oxygens (including phenoxy) is 2. The van der Waals surface area contributed by atoms with E-state index in [-0.39, 0.29) is 11.8 Å². The van der Waals surface area contributed by atoms with Gasteiger partial charge in [-0.05, 0) is 49.8 Å². The molecule has 0 saturated carbocycles. The Bertz CT molecular complexity index is 852. The molecule has 1 aliphatic heterocycles. The summed E-state index contributed by atoms with van der Waals surface area (Å²) in [6.07, 6.45) is 6.69. The zero-order chi connectivity index (χ0) is 20.1. The summed E-state index contributed by atoms with van der Waals surface area (Å²) in [7, 11) is 1.61. The van der Waals surface area contributed by atoms with Gasteiger partial charge in [0, 0.05) is 30.9 Å². The molecule has 0 unspecified atom stereocenters. The molecule has 1 aliphatic carbocycles. The molecule has 1 aromatic carbocycles. The molecule has 7 heteroatoms. The van der Waals surface area contributed by atoms with Gasteiger partial charge in [-0.1, -0.05) is 12.1 Å². The van der Waals surface area contributed by atoms with Gasteiger partial charge in [0.25, 0.3) is 0 Å². The van der Waals surface area contributed by atoms with Crippen molar-refractivity contribution < 1.29 is 14.3 Å². The summed E-state index contributed by atoms with van der Waals surface area (Å²) in [5.41, 5.74) is 2.20. The van der Waals surface area contributed by atoms with Crippen molar-refractivity contribution in [3.8, 4) is 11.5 Å². The number of hydrogen-bond donors (Lipinski definition) is 1. The average Bonchev–Trinajstić information content (AvgIpc) is 3.31. The number of methoxy groups -OCH3 is 1. The van der Waals surface area contributed by atoms with Gasteiger partial charge in [0.05, 0.1) is 13.7 Å². The molecule has 0 bridgehead atoms. The van der Waals surface area contributed by atoms with Gasteiger partial charge in [-0.3, -0.25) is 4.79 Å². The molecule has 1 amide bonds. The Morgan fingerprint density at radius 2 is 2.03 bits per heavy atom. The van der Waals surface area contributed by atoms with Gasteiger partial charge in [0.2, 0.25) is 11.9 Å². The van der Waals surface area contributed by atoms with Crippen LogP contribution in [0.2, 0.25) is 0 Å². The highest BCUT2D eigenvalue weighted by Crippen LogP contribution is 2.27. The molecular weight excluding hydrogens is 368 g/mol. The van der Waals surface area contributed by atoms with Gasteiger partial charge in [-0.15, -0.1) is 0 Å². The maximum atomic E-state index is 12.6.